The fourth-order valence-electron chi connectivity index (χ4n) is 3.86. The largest absolute Gasteiger partial charge is 0.497 e. The van der Waals surface area contributed by atoms with E-state index in [9.17, 15) is 13.2 Å². The number of fused-ring (bicyclic) bond motifs is 1. The summed E-state index contributed by atoms with van der Waals surface area (Å²) in [7, 11) is -1.98. The van der Waals surface area contributed by atoms with E-state index in [2.05, 4.69) is 11.1 Å². The SMILES string of the molecule is COc1ccc(S(=O)(=O)CCCC(=O)N(Cc2ccncc2)c2nc3cc(C)cc(C)c3s2)cc1. The van der Waals surface area contributed by atoms with E-state index in [0.29, 0.717) is 17.4 Å². The van der Waals surface area contributed by atoms with Crippen LogP contribution < -0.4 is 9.64 Å². The highest BCUT2D eigenvalue weighted by Gasteiger charge is 2.22. The number of carbonyl (C=O) groups is 1. The van der Waals surface area contributed by atoms with Gasteiger partial charge in [0.2, 0.25) is 5.91 Å². The zero-order valence-electron chi connectivity index (χ0n) is 19.9. The first-order chi connectivity index (χ1) is 16.8. The molecule has 4 aromatic rings. The van der Waals surface area contributed by atoms with Crippen molar-refractivity contribution in [1.29, 1.82) is 0 Å². The van der Waals surface area contributed by atoms with E-state index in [4.69, 9.17) is 9.72 Å². The molecule has 2 aromatic heterocycles. The van der Waals surface area contributed by atoms with Crippen LogP contribution in [0.3, 0.4) is 0 Å². The molecule has 1 amide bonds. The van der Waals surface area contributed by atoms with Gasteiger partial charge in [0.25, 0.3) is 0 Å². The van der Waals surface area contributed by atoms with Crippen molar-refractivity contribution in [3.05, 3.63) is 77.6 Å². The van der Waals surface area contributed by atoms with Crippen molar-refractivity contribution in [3.63, 3.8) is 0 Å². The topological polar surface area (TPSA) is 89.5 Å². The Hall–Kier alpha value is -3.30. The van der Waals surface area contributed by atoms with Gasteiger partial charge in [-0.05, 0) is 79.4 Å². The van der Waals surface area contributed by atoms with Gasteiger partial charge in [-0.15, -0.1) is 0 Å². The standard InChI is InChI=1S/C26H27N3O4S2/c1-18-15-19(2)25-23(16-18)28-26(34-25)29(17-20-10-12-27-13-11-20)24(30)5-4-14-35(31,32)22-8-6-21(33-3)7-9-22/h6-13,15-16H,4-5,14,17H2,1-3H3. The van der Waals surface area contributed by atoms with E-state index in [1.165, 1.54) is 30.6 Å². The van der Waals surface area contributed by atoms with Crippen molar-refractivity contribution in [2.24, 2.45) is 0 Å². The maximum absolute atomic E-state index is 13.3. The quantitative estimate of drug-likeness (QED) is 0.312. The number of pyridine rings is 1. The number of sulfone groups is 1. The van der Waals surface area contributed by atoms with Gasteiger partial charge in [0.05, 0.1) is 34.5 Å². The van der Waals surface area contributed by atoms with Crippen molar-refractivity contribution >= 4 is 42.4 Å². The molecule has 0 unspecified atom stereocenters. The zero-order valence-corrected chi connectivity index (χ0v) is 21.5. The van der Waals surface area contributed by atoms with Crippen LogP contribution in [-0.4, -0.2) is 37.2 Å². The highest BCUT2D eigenvalue weighted by atomic mass is 32.2. The molecule has 0 bridgehead atoms. The van der Waals surface area contributed by atoms with Crippen LogP contribution in [0.5, 0.6) is 5.75 Å². The second kappa shape index (κ2) is 10.5. The lowest BCUT2D eigenvalue weighted by molar-refractivity contribution is -0.118. The minimum absolute atomic E-state index is 0.0917. The van der Waals surface area contributed by atoms with E-state index < -0.39 is 9.84 Å². The van der Waals surface area contributed by atoms with E-state index >= 15 is 0 Å². The fourth-order valence-corrected chi connectivity index (χ4v) is 6.21. The van der Waals surface area contributed by atoms with Crippen LogP contribution in [0.15, 0.2) is 65.8 Å². The van der Waals surface area contributed by atoms with Crippen molar-refractivity contribution < 1.29 is 17.9 Å². The van der Waals surface area contributed by atoms with Gasteiger partial charge < -0.3 is 4.74 Å². The number of thiazole rings is 1. The van der Waals surface area contributed by atoms with Gasteiger partial charge in [-0.25, -0.2) is 13.4 Å². The minimum Gasteiger partial charge on any atom is -0.497 e. The summed E-state index contributed by atoms with van der Waals surface area (Å²) in [5.74, 6) is 0.305. The van der Waals surface area contributed by atoms with E-state index in [1.807, 2.05) is 32.0 Å². The first-order valence-electron chi connectivity index (χ1n) is 11.2. The summed E-state index contributed by atoms with van der Waals surface area (Å²) in [4.78, 5) is 24.0. The Balaban J connectivity index is 1.53. The number of carbonyl (C=O) groups excluding carboxylic acids is 1. The number of ether oxygens (including phenoxy) is 1. The number of methoxy groups -OCH3 is 1. The van der Waals surface area contributed by atoms with Crippen molar-refractivity contribution in [2.45, 2.75) is 38.1 Å². The molecule has 0 aliphatic heterocycles. The van der Waals surface area contributed by atoms with E-state index in [-0.39, 0.29) is 29.4 Å². The summed E-state index contributed by atoms with van der Waals surface area (Å²) in [5, 5.41) is 0.605. The van der Waals surface area contributed by atoms with E-state index in [1.54, 1.807) is 29.4 Å². The van der Waals surface area contributed by atoms with Gasteiger partial charge in [0.15, 0.2) is 15.0 Å². The molecule has 2 aromatic carbocycles. The molecular weight excluding hydrogens is 482 g/mol. The van der Waals surface area contributed by atoms with Gasteiger partial charge in [0, 0.05) is 18.8 Å². The minimum atomic E-state index is -3.51. The Morgan fingerprint density at radius 3 is 2.46 bits per heavy atom. The Bertz CT molecular complexity index is 1430. The van der Waals surface area contributed by atoms with Crippen LogP contribution in [0.25, 0.3) is 10.2 Å². The van der Waals surface area contributed by atoms with Crippen LogP contribution in [0.4, 0.5) is 5.13 Å². The highest BCUT2D eigenvalue weighted by molar-refractivity contribution is 7.91. The van der Waals surface area contributed by atoms with Crippen molar-refractivity contribution in [3.8, 4) is 5.75 Å². The van der Waals surface area contributed by atoms with Crippen LogP contribution in [-0.2, 0) is 21.2 Å². The first kappa shape index (κ1) is 24.8. The molecule has 0 aliphatic rings. The third kappa shape index (κ3) is 5.86. The number of anilines is 1. The second-order valence-electron chi connectivity index (χ2n) is 8.36. The lowest BCUT2D eigenvalue weighted by Crippen LogP contribution is -2.30. The average Bonchev–Trinajstić information content (AvgIpc) is 3.27. The molecule has 2 heterocycles. The smallest absolute Gasteiger partial charge is 0.229 e. The van der Waals surface area contributed by atoms with Crippen molar-refractivity contribution in [2.75, 3.05) is 17.8 Å². The third-order valence-corrected chi connectivity index (χ3v) is 8.70. The van der Waals surface area contributed by atoms with Crippen LogP contribution in [0, 0.1) is 13.8 Å². The molecule has 0 saturated heterocycles. The molecule has 0 fully saturated rings. The predicted molar refractivity (Wildman–Crippen MR) is 139 cm³/mol. The Morgan fingerprint density at radius 2 is 1.77 bits per heavy atom. The molecule has 35 heavy (non-hydrogen) atoms. The van der Waals surface area contributed by atoms with Gasteiger partial charge in [-0.1, -0.05) is 17.4 Å². The highest BCUT2D eigenvalue weighted by Crippen LogP contribution is 2.33. The normalized spacial score (nSPS) is 11.5. The summed E-state index contributed by atoms with van der Waals surface area (Å²) in [6.07, 6.45) is 3.67. The molecule has 0 atom stereocenters. The molecular formula is C26H27N3O4S2. The van der Waals surface area contributed by atoms with Crippen LogP contribution in [0.2, 0.25) is 0 Å². The number of rotatable bonds is 9. The summed E-state index contributed by atoms with van der Waals surface area (Å²) >= 11 is 1.48. The van der Waals surface area contributed by atoms with Gasteiger partial charge in [-0.3, -0.25) is 14.7 Å². The molecule has 182 valence electrons. The van der Waals surface area contributed by atoms with Gasteiger partial charge in [-0.2, -0.15) is 0 Å². The Labute approximate surface area is 209 Å². The monoisotopic (exact) mass is 509 g/mol. The van der Waals surface area contributed by atoms with Gasteiger partial charge >= 0.3 is 0 Å². The Morgan fingerprint density at radius 1 is 1.06 bits per heavy atom. The molecule has 7 nitrogen and oxygen atoms in total. The van der Waals surface area contributed by atoms with Crippen LogP contribution >= 0.6 is 11.3 Å². The number of benzene rings is 2. The number of hydrogen-bond acceptors (Lipinski definition) is 7. The second-order valence-corrected chi connectivity index (χ2v) is 11.4. The summed E-state index contributed by atoms with van der Waals surface area (Å²) < 4.78 is 31.6. The maximum Gasteiger partial charge on any atom is 0.229 e. The Kier molecular flexibility index (Phi) is 7.47. The summed E-state index contributed by atoms with van der Waals surface area (Å²) in [5.41, 5.74) is 4.01. The van der Waals surface area contributed by atoms with Crippen molar-refractivity contribution in [1.82, 2.24) is 9.97 Å². The molecule has 0 radical (unpaired) electrons. The first-order valence-corrected chi connectivity index (χ1v) is 13.7. The number of nitrogens with zero attached hydrogens (tertiary/aromatic N) is 3. The third-order valence-electron chi connectivity index (χ3n) is 5.65. The lowest BCUT2D eigenvalue weighted by atomic mass is 10.1. The van der Waals surface area contributed by atoms with Gasteiger partial charge in [0.1, 0.15) is 5.75 Å². The predicted octanol–water partition coefficient (Wildman–Crippen LogP) is 5.10. The molecule has 4 rings (SSSR count). The molecule has 9 heteroatoms. The van der Waals surface area contributed by atoms with E-state index in [0.717, 1.165) is 26.9 Å². The fraction of sp³-hybridized carbons (Fsp3) is 0.269. The molecule has 0 N–H and O–H groups in total. The maximum atomic E-state index is 13.3. The molecule has 0 aliphatic carbocycles. The van der Waals surface area contributed by atoms with Crippen LogP contribution in [0.1, 0.15) is 29.5 Å². The number of aromatic nitrogens is 2. The number of hydrogen-bond donors (Lipinski definition) is 0. The molecule has 0 spiro atoms. The lowest BCUT2D eigenvalue weighted by Gasteiger charge is -2.20. The number of aryl methyl sites for hydroxylation is 2. The zero-order chi connectivity index (χ0) is 25.0. The average molecular weight is 510 g/mol. The molecule has 0 saturated carbocycles. The summed E-state index contributed by atoms with van der Waals surface area (Å²) in [6, 6.07) is 14.1. The summed E-state index contributed by atoms with van der Waals surface area (Å²) in [6.45, 7) is 4.40. The number of amides is 1.